The molecule has 0 spiro atoms. The van der Waals surface area contributed by atoms with Crippen molar-refractivity contribution in [3.63, 3.8) is 0 Å². The van der Waals surface area contributed by atoms with Crippen LogP contribution in [0.25, 0.3) is 0 Å². The molecule has 0 aromatic heterocycles. The molecular formula is C14H18F3N3S. The molecule has 1 heterocycles. The number of rotatable bonds is 4. The Balaban J connectivity index is 2.13. The van der Waals surface area contributed by atoms with Crippen molar-refractivity contribution in [1.29, 1.82) is 0 Å². The minimum absolute atomic E-state index is 0.0351. The molecule has 1 unspecified atom stereocenters. The lowest BCUT2D eigenvalue weighted by Crippen LogP contribution is -2.21. The second-order valence-corrected chi connectivity index (χ2v) is 5.86. The zero-order valence-electron chi connectivity index (χ0n) is 11.7. The van der Waals surface area contributed by atoms with E-state index < -0.39 is 11.7 Å². The third-order valence-corrected chi connectivity index (χ3v) is 3.90. The van der Waals surface area contributed by atoms with Crippen LogP contribution in [-0.4, -0.2) is 36.6 Å². The fraction of sp³-hybridized carbons (Fsp3) is 0.500. The van der Waals surface area contributed by atoms with Gasteiger partial charge in [0, 0.05) is 24.3 Å². The smallest absolute Gasteiger partial charge is 0.389 e. The number of nitrogens with two attached hydrogens (primary N) is 1. The summed E-state index contributed by atoms with van der Waals surface area (Å²) in [5.41, 5.74) is 5.61. The quantitative estimate of drug-likeness (QED) is 0.838. The summed E-state index contributed by atoms with van der Waals surface area (Å²) in [7, 11) is 2.05. The first-order valence-electron chi connectivity index (χ1n) is 6.71. The van der Waals surface area contributed by atoms with Crippen molar-refractivity contribution in [2.45, 2.75) is 12.6 Å². The van der Waals surface area contributed by atoms with Gasteiger partial charge < -0.3 is 16.0 Å². The molecule has 0 aliphatic carbocycles. The first kappa shape index (κ1) is 16.0. The molecule has 1 aromatic rings. The predicted molar refractivity (Wildman–Crippen MR) is 81.4 cm³/mol. The number of hydrogen-bond donors (Lipinski definition) is 2. The summed E-state index contributed by atoms with van der Waals surface area (Å²) >= 11 is 4.86. The fourth-order valence-electron chi connectivity index (χ4n) is 2.53. The lowest BCUT2D eigenvalue weighted by Gasteiger charge is -2.17. The van der Waals surface area contributed by atoms with Gasteiger partial charge in [-0.3, -0.25) is 0 Å². The molecule has 116 valence electrons. The number of likely N-dealkylation sites (tertiary alicyclic amines) is 1. The van der Waals surface area contributed by atoms with E-state index in [1.54, 1.807) is 0 Å². The number of halogens is 3. The van der Waals surface area contributed by atoms with Crippen molar-refractivity contribution >= 4 is 22.9 Å². The SMILES string of the molecule is CN1CCC(CNc2ccc(C(F)(F)F)cc2C(N)=S)C1. The largest absolute Gasteiger partial charge is 0.416 e. The standard InChI is InChI=1S/C14H18F3N3S/c1-20-5-4-9(8-20)7-19-12-3-2-10(14(15,16)17)6-11(12)13(18)21/h2-3,6,9,19H,4-5,7-8H2,1H3,(H2,18,21). The molecule has 0 radical (unpaired) electrons. The highest BCUT2D eigenvalue weighted by molar-refractivity contribution is 7.80. The number of anilines is 1. The third-order valence-electron chi connectivity index (χ3n) is 3.68. The van der Waals surface area contributed by atoms with Crippen molar-refractivity contribution in [3.05, 3.63) is 29.3 Å². The zero-order valence-corrected chi connectivity index (χ0v) is 12.5. The Hall–Kier alpha value is -1.34. The van der Waals surface area contributed by atoms with Crippen molar-refractivity contribution in [1.82, 2.24) is 4.90 Å². The van der Waals surface area contributed by atoms with Crippen LogP contribution in [-0.2, 0) is 6.18 Å². The number of nitrogens with one attached hydrogen (secondary N) is 1. The van der Waals surface area contributed by atoms with Gasteiger partial charge in [-0.15, -0.1) is 0 Å². The van der Waals surface area contributed by atoms with Crippen molar-refractivity contribution in [3.8, 4) is 0 Å². The van der Waals surface area contributed by atoms with Crippen LogP contribution in [0.4, 0.5) is 18.9 Å². The number of hydrogen-bond acceptors (Lipinski definition) is 3. The van der Waals surface area contributed by atoms with Crippen molar-refractivity contribution in [2.24, 2.45) is 11.7 Å². The summed E-state index contributed by atoms with van der Waals surface area (Å²) < 4.78 is 38.2. The molecule has 1 aromatic carbocycles. The third kappa shape index (κ3) is 4.07. The van der Waals surface area contributed by atoms with E-state index in [9.17, 15) is 13.2 Å². The molecule has 1 fully saturated rings. The highest BCUT2D eigenvalue weighted by atomic mass is 32.1. The molecule has 21 heavy (non-hydrogen) atoms. The summed E-state index contributed by atoms with van der Waals surface area (Å²) in [6.45, 7) is 2.73. The minimum Gasteiger partial charge on any atom is -0.389 e. The van der Waals surface area contributed by atoms with E-state index in [2.05, 4.69) is 17.3 Å². The number of alkyl halides is 3. The van der Waals surface area contributed by atoms with Crippen molar-refractivity contribution in [2.75, 3.05) is 32.0 Å². The second-order valence-electron chi connectivity index (χ2n) is 5.42. The lowest BCUT2D eigenvalue weighted by molar-refractivity contribution is -0.137. The molecule has 3 nitrogen and oxygen atoms in total. The van der Waals surface area contributed by atoms with Crippen LogP contribution in [0.3, 0.4) is 0 Å². The average Bonchev–Trinajstić information content (AvgIpc) is 2.80. The maximum absolute atomic E-state index is 12.7. The first-order chi connectivity index (χ1) is 9.77. The summed E-state index contributed by atoms with van der Waals surface area (Å²) in [6, 6.07) is 3.45. The fourth-order valence-corrected chi connectivity index (χ4v) is 2.69. The Bertz CT molecular complexity index is 531. The topological polar surface area (TPSA) is 41.3 Å². The summed E-state index contributed by atoms with van der Waals surface area (Å²) in [4.78, 5) is 2.19. The van der Waals surface area contributed by atoms with Crippen LogP contribution < -0.4 is 11.1 Å². The first-order valence-corrected chi connectivity index (χ1v) is 7.11. The zero-order chi connectivity index (χ0) is 15.6. The normalized spacial score (nSPS) is 19.7. The van der Waals surface area contributed by atoms with Gasteiger partial charge >= 0.3 is 6.18 Å². The van der Waals surface area contributed by atoms with E-state index in [1.165, 1.54) is 6.07 Å². The van der Waals surface area contributed by atoms with Crippen LogP contribution in [0.15, 0.2) is 18.2 Å². The summed E-state index contributed by atoms with van der Waals surface area (Å²) in [6.07, 6.45) is -3.32. The van der Waals surface area contributed by atoms with Gasteiger partial charge in [0.1, 0.15) is 4.99 Å². The van der Waals surface area contributed by atoms with Gasteiger partial charge in [-0.2, -0.15) is 13.2 Å². The van der Waals surface area contributed by atoms with E-state index in [1.807, 2.05) is 0 Å². The molecule has 0 amide bonds. The highest BCUT2D eigenvalue weighted by Crippen LogP contribution is 2.32. The maximum Gasteiger partial charge on any atom is 0.416 e. The van der Waals surface area contributed by atoms with Crippen LogP contribution in [0, 0.1) is 5.92 Å². The number of nitrogens with zero attached hydrogens (tertiary/aromatic N) is 1. The Morgan fingerprint density at radius 1 is 1.48 bits per heavy atom. The molecule has 1 saturated heterocycles. The second kappa shape index (κ2) is 6.19. The molecule has 1 atom stereocenters. The molecule has 2 rings (SSSR count). The highest BCUT2D eigenvalue weighted by Gasteiger charge is 2.31. The monoisotopic (exact) mass is 317 g/mol. The van der Waals surface area contributed by atoms with Crippen LogP contribution >= 0.6 is 12.2 Å². The van der Waals surface area contributed by atoms with Crippen LogP contribution in [0.2, 0.25) is 0 Å². The average molecular weight is 317 g/mol. The van der Waals surface area contributed by atoms with Gasteiger partial charge in [0.05, 0.1) is 5.56 Å². The molecule has 3 N–H and O–H groups in total. The van der Waals surface area contributed by atoms with Gasteiger partial charge in [0.25, 0.3) is 0 Å². The van der Waals surface area contributed by atoms with E-state index in [0.717, 1.165) is 31.6 Å². The molecule has 7 heteroatoms. The van der Waals surface area contributed by atoms with Gasteiger partial charge in [0.15, 0.2) is 0 Å². The van der Waals surface area contributed by atoms with E-state index in [-0.39, 0.29) is 10.6 Å². The Morgan fingerprint density at radius 2 is 2.19 bits per heavy atom. The van der Waals surface area contributed by atoms with Gasteiger partial charge in [-0.25, -0.2) is 0 Å². The molecule has 1 aliphatic rings. The number of thiocarbonyl (C=S) groups is 1. The van der Waals surface area contributed by atoms with Crippen LogP contribution in [0.5, 0.6) is 0 Å². The lowest BCUT2D eigenvalue weighted by atomic mass is 10.1. The minimum atomic E-state index is -4.40. The molecule has 1 aliphatic heterocycles. The van der Waals surface area contributed by atoms with Crippen LogP contribution in [0.1, 0.15) is 17.5 Å². The van der Waals surface area contributed by atoms with Crippen molar-refractivity contribution < 1.29 is 13.2 Å². The maximum atomic E-state index is 12.7. The number of benzene rings is 1. The van der Waals surface area contributed by atoms with Gasteiger partial charge in [-0.1, -0.05) is 12.2 Å². The summed E-state index contributed by atoms with van der Waals surface area (Å²) in [5.74, 6) is 0.483. The molecular weight excluding hydrogens is 299 g/mol. The van der Waals surface area contributed by atoms with Gasteiger partial charge in [0.2, 0.25) is 0 Å². The Labute approximate surface area is 127 Å². The van der Waals surface area contributed by atoms with E-state index >= 15 is 0 Å². The predicted octanol–water partition coefficient (Wildman–Crippen LogP) is 2.70. The Morgan fingerprint density at radius 3 is 2.71 bits per heavy atom. The molecule has 0 bridgehead atoms. The summed E-state index contributed by atoms with van der Waals surface area (Å²) in [5, 5.41) is 3.17. The van der Waals surface area contributed by atoms with Gasteiger partial charge in [-0.05, 0) is 44.1 Å². The molecule has 0 saturated carbocycles. The van der Waals surface area contributed by atoms with E-state index in [4.69, 9.17) is 18.0 Å². The van der Waals surface area contributed by atoms with E-state index in [0.29, 0.717) is 18.2 Å². The Kier molecular flexibility index (Phi) is 4.73.